The lowest BCUT2D eigenvalue weighted by molar-refractivity contribution is -0.108. The fourth-order valence-electron chi connectivity index (χ4n) is 1.65. The van der Waals surface area contributed by atoms with E-state index >= 15 is 0 Å². The lowest BCUT2D eigenvalue weighted by Crippen LogP contribution is -2.39. The second-order valence-corrected chi connectivity index (χ2v) is 3.99. The SMILES string of the molecule is CNc1c(NC(C=O)CCCN=C(N)N)c(=O)c1=O. The third-order valence-corrected chi connectivity index (χ3v) is 2.62. The Morgan fingerprint density at radius 2 is 1.95 bits per heavy atom. The van der Waals surface area contributed by atoms with Gasteiger partial charge >= 0.3 is 0 Å². The van der Waals surface area contributed by atoms with Crippen LogP contribution in [-0.4, -0.2) is 31.9 Å². The molecular weight excluding hydrogens is 250 g/mol. The van der Waals surface area contributed by atoms with Gasteiger partial charge in [0.25, 0.3) is 10.9 Å². The highest BCUT2D eigenvalue weighted by molar-refractivity contribution is 5.77. The van der Waals surface area contributed by atoms with Crippen LogP contribution in [0.3, 0.4) is 0 Å². The first-order valence-electron chi connectivity index (χ1n) is 5.79. The minimum absolute atomic E-state index is 0.00411. The Balaban J connectivity index is 2.55. The van der Waals surface area contributed by atoms with Crippen molar-refractivity contribution in [3.63, 3.8) is 0 Å². The molecule has 0 aliphatic carbocycles. The number of rotatable bonds is 8. The number of aliphatic imine (C=N–C) groups is 1. The minimum atomic E-state index is -0.611. The van der Waals surface area contributed by atoms with Crippen LogP contribution in [0, 0.1) is 0 Å². The van der Waals surface area contributed by atoms with E-state index < -0.39 is 16.9 Å². The van der Waals surface area contributed by atoms with Gasteiger partial charge in [0.1, 0.15) is 17.7 Å². The lowest BCUT2D eigenvalue weighted by atomic mass is 10.1. The van der Waals surface area contributed by atoms with E-state index in [4.69, 9.17) is 11.5 Å². The largest absolute Gasteiger partial charge is 0.383 e. The Labute approximate surface area is 109 Å². The monoisotopic (exact) mass is 267 g/mol. The van der Waals surface area contributed by atoms with E-state index in [-0.39, 0.29) is 17.3 Å². The molecule has 104 valence electrons. The van der Waals surface area contributed by atoms with Crippen LogP contribution in [0.4, 0.5) is 11.4 Å². The molecule has 1 unspecified atom stereocenters. The van der Waals surface area contributed by atoms with Gasteiger partial charge in [-0.3, -0.25) is 14.6 Å². The Hall–Kier alpha value is -2.38. The number of anilines is 2. The van der Waals surface area contributed by atoms with Crippen molar-refractivity contribution in [2.45, 2.75) is 18.9 Å². The van der Waals surface area contributed by atoms with Gasteiger partial charge in [0, 0.05) is 13.6 Å². The number of hydrogen-bond donors (Lipinski definition) is 4. The predicted molar refractivity (Wildman–Crippen MR) is 74.3 cm³/mol. The molecule has 1 rings (SSSR count). The maximum Gasteiger partial charge on any atom is 0.253 e. The molecule has 0 bridgehead atoms. The van der Waals surface area contributed by atoms with Gasteiger partial charge in [0.05, 0.1) is 6.04 Å². The molecule has 19 heavy (non-hydrogen) atoms. The average Bonchev–Trinajstić information content (AvgIpc) is 2.40. The Morgan fingerprint density at radius 3 is 2.47 bits per heavy atom. The summed E-state index contributed by atoms with van der Waals surface area (Å²) in [5.41, 5.74) is 9.52. The van der Waals surface area contributed by atoms with Gasteiger partial charge in [-0.25, -0.2) is 0 Å². The molecule has 1 atom stereocenters. The van der Waals surface area contributed by atoms with E-state index in [2.05, 4.69) is 15.6 Å². The summed E-state index contributed by atoms with van der Waals surface area (Å²) >= 11 is 0. The molecule has 0 saturated heterocycles. The second-order valence-electron chi connectivity index (χ2n) is 3.99. The van der Waals surface area contributed by atoms with Crippen molar-refractivity contribution < 1.29 is 4.79 Å². The van der Waals surface area contributed by atoms with Crippen LogP contribution in [-0.2, 0) is 4.79 Å². The fraction of sp³-hybridized carbons (Fsp3) is 0.455. The highest BCUT2D eigenvalue weighted by Gasteiger charge is 2.21. The number of nitrogens with two attached hydrogens (primary N) is 2. The average molecular weight is 267 g/mol. The van der Waals surface area contributed by atoms with Crippen LogP contribution in [0.15, 0.2) is 14.6 Å². The van der Waals surface area contributed by atoms with Crippen LogP contribution < -0.4 is 33.0 Å². The van der Waals surface area contributed by atoms with Gasteiger partial charge in [-0.1, -0.05) is 0 Å². The van der Waals surface area contributed by atoms with E-state index in [0.29, 0.717) is 25.7 Å². The van der Waals surface area contributed by atoms with Crippen molar-refractivity contribution in [2.24, 2.45) is 16.5 Å². The maximum absolute atomic E-state index is 11.3. The highest BCUT2D eigenvalue weighted by atomic mass is 16.2. The molecule has 0 heterocycles. The predicted octanol–water partition coefficient (Wildman–Crippen LogP) is -1.64. The molecule has 0 fully saturated rings. The Morgan fingerprint density at radius 1 is 1.32 bits per heavy atom. The van der Waals surface area contributed by atoms with E-state index in [0.717, 1.165) is 0 Å². The Kier molecular flexibility index (Phi) is 5.04. The third-order valence-electron chi connectivity index (χ3n) is 2.62. The molecule has 0 aliphatic heterocycles. The normalized spacial score (nSPS) is 11.8. The molecule has 1 aromatic rings. The second kappa shape index (κ2) is 6.53. The molecule has 8 nitrogen and oxygen atoms in total. The third kappa shape index (κ3) is 3.54. The smallest absolute Gasteiger partial charge is 0.253 e. The van der Waals surface area contributed by atoms with E-state index in [1.807, 2.05) is 0 Å². The van der Waals surface area contributed by atoms with Crippen LogP contribution >= 0.6 is 0 Å². The lowest BCUT2D eigenvalue weighted by Gasteiger charge is -2.17. The summed E-state index contributed by atoms with van der Waals surface area (Å²) in [5.74, 6) is -0.00411. The highest BCUT2D eigenvalue weighted by Crippen LogP contribution is 2.15. The van der Waals surface area contributed by atoms with Crippen molar-refractivity contribution in [1.29, 1.82) is 0 Å². The summed E-state index contributed by atoms with van der Waals surface area (Å²) in [6.07, 6.45) is 1.73. The van der Waals surface area contributed by atoms with E-state index in [1.165, 1.54) is 7.05 Å². The number of carbonyl (C=O) groups is 1. The summed E-state index contributed by atoms with van der Waals surface area (Å²) in [5, 5.41) is 5.36. The van der Waals surface area contributed by atoms with Gasteiger partial charge in [0.15, 0.2) is 5.96 Å². The zero-order chi connectivity index (χ0) is 14.4. The van der Waals surface area contributed by atoms with E-state index in [1.54, 1.807) is 0 Å². The molecular formula is C11H17N5O3. The summed E-state index contributed by atoms with van der Waals surface area (Å²) in [4.78, 5) is 37.2. The maximum atomic E-state index is 11.3. The molecule has 0 aromatic heterocycles. The minimum Gasteiger partial charge on any atom is -0.383 e. The van der Waals surface area contributed by atoms with E-state index in [9.17, 15) is 14.4 Å². The van der Waals surface area contributed by atoms with Gasteiger partial charge in [-0.15, -0.1) is 0 Å². The van der Waals surface area contributed by atoms with Crippen LogP contribution in [0.25, 0.3) is 0 Å². The standard InChI is InChI=1S/C11H17N5O3/c1-14-7-8(10(19)9(7)18)16-6(5-17)3-2-4-15-11(12)13/h5-6,14,16H,2-4H2,1H3,(H4,12,13,15). The van der Waals surface area contributed by atoms with Gasteiger partial charge in [-0.2, -0.15) is 0 Å². The molecule has 0 amide bonds. The quantitative estimate of drug-likeness (QED) is 0.145. The first kappa shape index (κ1) is 14.7. The molecule has 0 radical (unpaired) electrons. The number of guanidine groups is 1. The number of aldehydes is 1. The molecule has 1 aromatic carbocycles. The number of nitrogens with zero attached hydrogens (tertiary/aromatic N) is 1. The van der Waals surface area contributed by atoms with Crippen LogP contribution in [0.5, 0.6) is 0 Å². The number of carbonyl (C=O) groups excluding carboxylic acids is 1. The van der Waals surface area contributed by atoms with Crippen molar-refractivity contribution in [1.82, 2.24) is 0 Å². The summed E-state index contributed by atoms with van der Waals surface area (Å²) in [7, 11) is 1.54. The van der Waals surface area contributed by atoms with Gasteiger partial charge in [-0.05, 0) is 12.8 Å². The Bertz CT molecular complexity index is 541. The molecule has 0 spiro atoms. The summed E-state index contributed by atoms with van der Waals surface area (Å²) in [6.45, 7) is 0.402. The molecule has 0 saturated carbocycles. The molecule has 8 heteroatoms. The van der Waals surface area contributed by atoms with Gasteiger partial charge in [0.2, 0.25) is 0 Å². The first-order chi connectivity index (χ1) is 9.01. The van der Waals surface area contributed by atoms with Crippen molar-refractivity contribution >= 4 is 23.6 Å². The number of hydrogen-bond acceptors (Lipinski definition) is 6. The fourth-order valence-corrected chi connectivity index (χ4v) is 1.65. The van der Waals surface area contributed by atoms with Crippen molar-refractivity contribution in [2.75, 3.05) is 24.2 Å². The summed E-state index contributed by atoms with van der Waals surface area (Å²) in [6, 6.07) is -0.551. The topological polar surface area (TPSA) is 140 Å². The zero-order valence-electron chi connectivity index (χ0n) is 10.6. The molecule has 6 N–H and O–H groups in total. The van der Waals surface area contributed by atoms with Crippen LogP contribution in [0.2, 0.25) is 0 Å². The molecule has 0 aliphatic rings. The van der Waals surface area contributed by atoms with Crippen molar-refractivity contribution in [3.05, 3.63) is 20.4 Å². The van der Waals surface area contributed by atoms with Crippen molar-refractivity contribution in [3.8, 4) is 0 Å². The first-order valence-corrected chi connectivity index (χ1v) is 5.79. The summed E-state index contributed by atoms with van der Waals surface area (Å²) < 4.78 is 0. The van der Waals surface area contributed by atoms with Crippen LogP contribution in [0.1, 0.15) is 12.8 Å². The zero-order valence-corrected chi connectivity index (χ0v) is 10.6. The number of nitrogens with one attached hydrogen (secondary N) is 2. The van der Waals surface area contributed by atoms with Gasteiger partial charge < -0.3 is 26.9 Å².